The standard InChI is InChI=1S/C16H20FN3O2S/c1-10-11(2)22-15(20-10)8-19-16(21)18-7-12-4-5-14(17)6-13(12)9-23-3/h4-6H,7-9H2,1-3H3,(H2,18,19,21). The number of nitrogens with one attached hydrogen (secondary N) is 2. The number of nitrogens with zero attached hydrogens (tertiary/aromatic N) is 1. The van der Waals surface area contributed by atoms with Crippen LogP contribution in [0.15, 0.2) is 22.6 Å². The average molecular weight is 337 g/mol. The van der Waals surface area contributed by atoms with E-state index in [0.29, 0.717) is 18.2 Å². The van der Waals surface area contributed by atoms with Crippen LogP contribution in [0.3, 0.4) is 0 Å². The highest BCUT2D eigenvalue weighted by atomic mass is 32.2. The number of hydrogen-bond donors (Lipinski definition) is 2. The number of aryl methyl sites for hydroxylation is 2. The molecule has 0 bridgehead atoms. The second-order valence-corrected chi connectivity index (χ2v) is 6.00. The molecular weight excluding hydrogens is 317 g/mol. The lowest BCUT2D eigenvalue weighted by Gasteiger charge is -2.10. The van der Waals surface area contributed by atoms with E-state index in [4.69, 9.17) is 4.42 Å². The fourth-order valence-corrected chi connectivity index (χ4v) is 2.65. The minimum absolute atomic E-state index is 0.224. The first-order chi connectivity index (χ1) is 11.0. The first-order valence-corrected chi connectivity index (χ1v) is 8.60. The van der Waals surface area contributed by atoms with Crippen LogP contribution in [-0.2, 0) is 18.8 Å². The quantitative estimate of drug-likeness (QED) is 0.849. The zero-order valence-corrected chi connectivity index (χ0v) is 14.2. The summed E-state index contributed by atoms with van der Waals surface area (Å²) in [6, 6.07) is 4.28. The molecule has 0 atom stereocenters. The van der Waals surface area contributed by atoms with Crippen molar-refractivity contribution in [2.24, 2.45) is 0 Å². The van der Waals surface area contributed by atoms with Crippen molar-refractivity contribution in [1.82, 2.24) is 15.6 Å². The molecule has 2 amide bonds. The van der Waals surface area contributed by atoms with Crippen LogP contribution in [0, 0.1) is 19.7 Å². The Balaban J connectivity index is 1.86. The van der Waals surface area contributed by atoms with Gasteiger partial charge in [-0.1, -0.05) is 6.07 Å². The Kier molecular flexibility index (Phi) is 6.04. The number of hydrogen-bond acceptors (Lipinski definition) is 4. The smallest absolute Gasteiger partial charge is 0.315 e. The lowest BCUT2D eigenvalue weighted by molar-refractivity contribution is 0.239. The maximum absolute atomic E-state index is 13.3. The van der Waals surface area contributed by atoms with E-state index in [0.717, 1.165) is 22.6 Å². The minimum atomic E-state index is -0.321. The Morgan fingerprint density at radius 3 is 2.65 bits per heavy atom. The van der Waals surface area contributed by atoms with Gasteiger partial charge in [0.25, 0.3) is 0 Å². The normalized spacial score (nSPS) is 10.6. The van der Waals surface area contributed by atoms with E-state index in [1.165, 1.54) is 12.1 Å². The molecule has 0 aliphatic rings. The van der Waals surface area contributed by atoms with Gasteiger partial charge in [-0.15, -0.1) is 0 Å². The summed E-state index contributed by atoms with van der Waals surface area (Å²) < 4.78 is 18.7. The average Bonchev–Trinajstić information content (AvgIpc) is 2.83. The summed E-state index contributed by atoms with van der Waals surface area (Å²) in [6.45, 7) is 4.24. The summed E-state index contributed by atoms with van der Waals surface area (Å²) in [5.41, 5.74) is 2.60. The lowest BCUT2D eigenvalue weighted by atomic mass is 10.1. The van der Waals surface area contributed by atoms with Crippen molar-refractivity contribution >= 4 is 17.8 Å². The van der Waals surface area contributed by atoms with Gasteiger partial charge >= 0.3 is 6.03 Å². The van der Waals surface area contributed by atoms with Gasteiger partial charge in [-0.25, -0.2) is 14.2 Å². The molecule has 23 heavy (non-hydrogen) atoms. The van der Waals surface area contributed by atoms with E-state index in [-0.39, 0.29) is 18.4 Å². The third-order valence-electron chi connectivity index (χ3n) is 3.38. The summed E-state index contributed by atoms with van der Waals surface area (Å²) in [5, 5.41) is 5.44. The van der Waals surface area contributed by atoms with Crippen molar-refractivity contribution in [3.8, 4) is 0 Å². The summed E-state index contributed by atoms with van der Waals surface area (Å²) in [6.07, 6.45) is 1.95. The van der Waals surface area contributed by atoms with Gasteiger partial charge in [0, 0.05) is 12.3 Å². The first kappa shape index (κ1) is 17.3. The number of amides is 2. The Labute approximate surface area is 139 Å². The fraction of sp³-hybridized carbons (Fsp3) is 0.375. The largest absolute Gasteiger partial charge is 0.444 e. The van der Waals surface area contributed by atoms with E-state index >= 15 is 0 Å². The molecule has 1 heterocycles. The molecule has 7 heteroatoms. The van der Waals surface area contributed by atoms with Gasteiger partial charge in [-0.05, 0) is 43.4 Å². The van der Waals surface area contributed by atoms with Crippen LogP contribution in [-0.4, -0.2) is 17.3 Å². The van der Waals surface area contributed by atoms with E-state index < -0.39 is 0 Å². The number of oxazole rings is 1. The molecule has 0 saturated heterocycles. The predicted molar refractivity (Wildman–Crippen MR) is 88.7 cm³/mol. The summed E-state index contributed by atoms with van der Waals surface area (Å²) in [5.74, 6) is 1.65. The third-order valence-corrected chi connectivity index (χ3v) is 3.98. The third kappa shape index (κ3) is 4.99. The molecule has 2 rings (SSSR count). The van der Waals surface area contributed by atoms with Gasteiger partial charge in [0.2, 0.25) is 5.89 Å². The molecule has 0 aliphatic heterocycles. The van der Waals surface area contributed by atoms with Crippen molar-refractivity contribution in [1.29, 1.82) is 0 Å². The number of rotatable bonds is 6. The van der Waals surface area contributed by atoms with Crippen LogP contribution in [0.4, 0.5) is 9.18 Å². The summed E-state index contributed by atoms with van der Waals surface area (Å²) >= 11 is 1.61. The van der Waals surface area contributed by atoms with Gasteiger partial charge in [0.15, 0.2) is 0 Å². The molecule has 1 aromatic heterocycles. The van der Waals surface area contributed by atoms with E-state index in [1.807, 2.05) is 20.1 Å². The first-order valence-electron chi connectivity index (χ1n) is 7.20. The van der Waals surface area contributed by atoms with Crippen LogP contribution >= 0.6 is 11.8 Å². The number of thioether (sulfide) groups is 1. The van der Waals surface area contributed by atoms with Crippen molar-refractivity contribution in [3.63, 3.8) is 0 Å². The fourth-order valence-electron chi connectivity index (χ4n) is 2.07. The molecule has 2 N–H and O–H groups in total. The molecule has 0 fully saturated rings. The van der Waals surface area contributed by atoms with Crippen LogP contribution < -0.4 is 10.6 Å². The molecule has 5 nitrogen and oxygen atoms in total. The topological polar surface area (TPSA) is 67.2 Å². The Hall–Kier alpha value is -2.02. The van der Waals surface area contributed by atoms with E-state index in [9.17, 15) is 9.18 Å². The molecular formula is C16H20FN3O2S. The number of halogens is 1. The maximum atomic E-state index is 13.3. The molecule has 0 saturated carbocycles. The Bertz CT molecular complexity index is 668. The zero-order valence-electron chi connectivity index (χ0n) is 13.4. The van der Waals surface area contributed by atoms with Gasteiger partial charge < -0.3 is 15.1 Å². The Morgan fingerprint density at radius 1 is 1.26 bits per heavy atom. The second-order valence-electron chi connectivity index (χ2n) is 5.13. The van der Waals surface area contributed by atoms with Crippen LogP contribution in [0.5, 0.6) is 0 Å². The number of urea groups is 1. The summed E-state index contributed by atoms with van der Waals surface area (Å²) in [4.78, 5) is 16.0. The minimum Gasteiger partial charge on any atom is -0.444 e. The lowest BCUT2D eigenvalue weighted by Crippen LogP contribution is -2.34. The van der Waals surface area contributed by atoms with Crippen molar-refractivity contribution in [2.45, 2.75) is 32.7 Å². The number of benzene rings is 1. The monoisotopic (exact) mass is 337 g/mol. The highest BCUT2D eigenvalue weighted by Gasteiger charge is 2.09. The van der Waals surface area contributed by atoms with Gasteiger partial charge in [0.1, 0.15) is 11.6 Å². The zero-order chi connectivity index (χ0) is 16.8. The number of carbonyl (C=O) groups is 1. The molecule has 0 aliphatic carbocycles. The Morgan fingerprint density at radius 2 is 2.00 bits per heavy atom. The molecule has 2 aromatic rings. The van der Waals surface area contributed by atoms with Crippen LogP contribution in [0.25, 0.3) is 0 Å². The second kappa shape index (κ2) is 8.01. The maximum Gasteiger partial charge on any atom is 0.315 e. The highest BCUT2D eigenvalue weighted by Crippen LogP contribution is 2.16. The number of aromatic nitrogens is 1. The summed E-state index contributed by atoms with van der Waals surface area (Å²) in [7, 11) is 0. The van der Waals surface area contributed by atoms with Gasteiger partial charge in [-0.3, -0.25) is 0 Å². The van der Waals surface area contributed by atoms with Crippen LogP contribution in [0.2, 0.25) is 0 Å². The van der Waals surface area contributed by atoms with Crippen LogP contribution in [0.1, 0.15) is 28.5 Å². The van der Waals surface area contributed by atoms with Gasteiger partial charge in [-0.2, -0.15) is 11.8 Å². The molecule has 0 spiro atoms. The predicted octanol–water partition coefficient (Wildman–Crippen LogP) is 3.29. The van der Waals surface area contributed by atoms with Crippen molar-refractivity contribution in [3.05, 3.63) is 52.5 Å². The van der Waals surface area contributed by atoms with Crippen molar-refractivity contribution in [2.75, 3.05) is 6.26 Å². The van der Waals surface area contributed by atoms with E-state index in [2.05, 4.69) is 15.6 Å². The molecule has 124 valence electrons. The van der Waals surface area contributed by atoms with Crippen molar-refractivity contribution < 1.29 is 13.6 Å². The van der Waals surface area contributed by atoms with Gasteiger partial charge in [0.05, 0.1) is 12.2 Å². The highest BCUT2D eigenvalue weighted by molar-refractivity contribution is 7.97. The number of carbonyl (C=O) groups excluding carboxylic acids is 1. The molecule has 0 radical (unpaired) electrons. The molecule has 1 aromatic carbocycles. The van der Waals surface area contributed by atoms with E-state index in [1.54, 1.807) is 17.8 Å². The SMILES string of the molecule is CSCc1cc(F)ccc1CNC(=O)NCc1nc(C)c(C)o1. The molecule has 0 unspecified atom stereocenters.